The monoisotopic (exact) mass is 265 g/mol. The van der Waals surface area contributed by atoms with E-state index in [9.17, 15) is 4.39 Å². The van der Waals surface area contributed by atoms with E-state index in [0.29, 0.717) is 18.0 Å². The minimum atomic E-state index is -0.493. The van der Waals surface area contributed by atoms with E-state index < -0.39 is 5.82 Å². The molecule has 0 aromatic heterocycles. The zero-order chi connectivity index (χ0) is 13.0. The fourth-order valence-corrected chi connectivity index (χ4v) is 1.73. The molecule has 2 nitrogen and oxygen atoms in total. The number of rotatable bonds is 4. The summed E-state index contributed by atoms with van der Waals surface area (Å²) >= 11 is 5.61. The molecule has 0 saturated carbocycles. The third-order valence-electron chi connectivity index (χ3n) is 2.46. The minimum Gasteiger partial charge on any atom is -0.457 e. The number of ether oxygens (including phenoxy) is 1. The summed E-state index contributed by atoms with van der Waals surface area (Å²) in [4.78, 5) is 0. The second kappa shape index (κ2) is 5.85. The van der Waals surface area contributed by atoms with Crippen LogP contribution in [0.25, 0.3) is 0 Å². The van der Waals surface area contributed by atoms with Gasteiger partial charge in [-0.2, -0.15) is 0 Å². The van der Waals surface area contributed by atoms with Crippen molar-refractivity contribution in [1.82, 2.24) is 0 Å². The van der Waals surface area contributed by atoms with Crippen LogP contribution in [0.2, 0.25) is 5.02 Å². The molecule has 0 spiro atoms. The van der Waals surface area contributed by atoms with E-state index in [0.717, 1.165) is 12.0 Å². The van der Waals surface area contributed by atoms with Gasteiger partial charge in [-0.15, -0.1) is 0 Å². The average Bonchev–Trinajstić information content (AvgIpc) is 2.35. The van der Waals surface area contributed by atoms with E-state index in [4.69, 9.17) is 22.1 Å². The molecule has 4 heteroatoms. The zero-order valence-electron chi connectivity index (χ0n) is 9.70. The van der Waals surface area contributed by atoms with Crippen molar-refractivity contribution in [3.05, 3.63) is 58.9 Å². The van der Waals surface area contributed by atoms with Crippen LogP contribution >= 0.6 is 11.6 Å². The van der Waals surface area contributed by atoms with E-state index >= 15 is 0 Å². The molecule has 94 valence electrons. The van der Waals surface area contributed by atoms with Crippen LogP contribution in [0.4, 0.5) is 4.39 Å². The first kappa shape index (κ1) is 12.9. The Balaban J connectivity index is 2.17. The van der Waals surface area contributed by atoms with Gasteiger partial charge < -0.3 is 10.5 Å². The molecule has 2 N–H and O–H groups in total. The molecule has 0 saturated heterocycles. The average molecular weight is 266 g/mol. The van der Waals surface area contributed by atoms with Crippen LogP contribution in [0.3, 0.4) is 0 Å². The number of hydrogen-bond acceptors (Lipinski definition) is 2. The van der Waals surface area contributed by atoms with Gasteiger partial charge in [0, 0.05) is 6.07 Å². The summed E-state index contributed by atoms with van der Waals surface area (Å²) in [6, 6.07) is 11.9. The van der Waals surface area contributed by atoms with Gasteiger partial charge in [0.2, 0.25) is 0 Å². The molecule has 0 heterocycles. The fourth-order valence-electron chi connectivity index (χ4n) is 1.61. The molecule has 0 unspecified atom stereocenters. The van der Waals surface area contributed by atoms with E-state index in [1.165, 1.54) is 12.1 Å². The topological polar surface area (TPSA) is 35.2 Å². The lowest BCUT2D eigenvalue weighted by molar-refractivity contribution is 0.476. The van der Waals surface area contributed by atoms with Crippen LogP contribution in [0, 0.1) is 5.82 Å². The summed E-state index contributed by atoms with van der Waals surface area (Å²) in [6.07, 6.45) is 0.784. The SMILES string of the molecule is NCCc1cccc(Oc2ccc(Cl)c(F)c2)c1. The third kappa shape index (κ3) is 3.22. The highest BCUT2D eigenvalue weighted by atomic mass is 35.5. The lowest BCUT2D eigenvalue weighted by atomic mass is 10.1. The fraction of sp³-hybridized carbons (Fsp3) is 0.143. The first-order valence-electron chi connectivity index (χ1n) is 5.61. The predicted molar refractivity (Wildman–Crippen MR) is 70.7 cm³/mol. The molecule has 2 aromatic rings. The summed E-state index contributed by atoms with van der Waals surface area (Å²) in [5, 5.41) is 0.0826. The number of benzene rings is 2. The van der Waals surface area contributed by atoms with Crippen molar-refractivity contribution in [2.24, 2.45) is 5.73 Å². The van der Waals surface area contributed by atoms with E-state index in [-0.39, 0.29) is 5.02 Å². The molecular weight excluding hydrogens is 253 g/mol. The summed E-state index contributed by atoms with van der Waals surface area (Å²) in [7, 11) is 0. The maximum Gasteiger partial charge on any atom is 0.145 e. The van der Waals surface area contributed by atoms with Crippen LogP contribution < -0.4 is 10.5 Å². The Kier molecular flexibility index (Phi) is 4.18. The Morgan fingerprint density at radius 2 is 1.89 bits per heavy atom. The highest BCUT2D eigenvalue weighted by Crippen LogP contribution is 2.26. The molecular formula is C14H13ClFNO. The van der Waals surface area contributed by atoms with Gasteiger partial charge in [-0.05, 0) is 42.8 Å². The van der Waals surface area contributed by atoms with Crippen molar-refractivity contribution >= 4 is 11.6 Å². The quantitative estimate of drug-likeness (QED) is 0.913. The summed E-state index contributed by atoms with van der Waals surface area (Å²) in [5.74, 6) is 0.580. The van der Waals surface area contributed by atoms with E-state index in [1.807, 2.05) is 24.3 Å². The molecule has 0 aliphatic rings. The van der Waals surface area contributed by atoms with Gasteiger partial charge in [-0.3, -0.25) is 0 Å². The van der Waals surface area contributed by atoms with E-state index in [1.54, 1.807) is 6.07 Å². The van der Waals surface area contributed by atoms with Crippen molar-refractivity contribution in [1.29, 1.82) is 0 Å². The van der Waals surface area contributed by atoms with Gasteiger partial charge in [-0.1, -0.05) is 23.7 Å². The zero-order valence-corrected chi connectivity index (χ0v) is 10.5. The Morgan fingerprint density at radius 3 is 2.61 bits per heavy atom. The Bertz CT molecular complexity index is 545. The summed E-state index contributed by atoms with van der Waals surface area (Å²) in [6.45, 7) is 0.582. The van der Waals surface area contributed by atoms with Crippen LogP contribution in [-0.4, -0.2) is 6.54 Å². The largest absolute Gasteiger partial charge is 0.457 e. The van der Waals surface area contributed by atoms with Crippen LogP contribution in [-0.2, 0) is 6.42 Å². The summed E-state index contributed by atoms with van der Waals surface area (Å²) < 4.78 is 18.8. The van der Waals surface area contributed by atoms with Crippen molar-refractivity contribution in [2.75, 3.05) is 6.54 Å². The molecule has 2 rings (SSSR count). The van der Waals surface area contributed by atoms with Crippen LogP contribution in [0.1, 0.15) is 5.56 Å². The van der Waals surface area contributed by atoms with Gasteiger partial charge in [0.05, 0.1) is 5.02 Å². The highest BCUT2D eigenvalue weighted by Gasteiger charge is 2.03. The molecule has 0 radical (unpaired) electrons. The smallest absolute Gasteiger partial charge is 0.145 e. The number of nitrogens with two attached hydrogens (primary N) is 1. The molecule has 0 bridgehead atoms. The van der Waals surface area contributed by atoms with Crippen LogP contribution in [0.5, 0.6) is 11.5 Å². The first-order chi connectivity index (χ1) is 8.69. The molecule has 18 heavy (non-hydrogen) atoms. The van der Waals surface area contributed by atoms with Gasteiger partial charge in [0.15, 0.2) is 0 Å². The molecule has 0 aliphatic heterocycles. The molecule has 0 amide bonds. The van der Waals surface area contributed by atoms with Crippen molar-refractivity contribution in [3.63, 3.8) is 0 Å². The highest BCUT2D eigenvalue weighted by molar-refractivity contribution is 6.30. The van der Waals surface area contributed by atoms with E-state index in [2.05, 4.69) is 0 Å². The molecule has 0 aliphatic carbocycles. The summed E-state index contributed by atoms with van der Waals surface area (Å²) in [5.41, 5.74) is 6.58. The lowest BCUT2D eigenvalue weighted by Gasteiger charge is -2.07. The maximum atomic E-state index is 13.3. The normalized spacial score (nSPS) is 10.4. The minimum absolute atomic E-state index is 0.0826. The van der Waals surface area contributed by atoms with Gasteiger partial charge in [0.1, 0.15) is 17.3 Å². The Morgan fingerprint density at radius 1 is 1.11 bits per heavy atom. The van der Waals surface area contributed by atoms with Gasteiger partial charge in [-0.25, -0.2) is 4.39 Å². The molecule has 0 atom stereocenters. The molecule has 0 fully saturated rings. The third-order valence-corrected chi connectivity index (χ3v) is 2.76. The van der Waals surface area contributed by atoms with Crippen molar-refractivity contribution < 1.29 is 9.13 Å². The second-order valence-electron chi connectivity index (χ2n) is 3.86. The second-order valence-corrected chi connectivity index (χ2v) is 4.27. The Hall–Kier alpha value is -1.58. The standard InChI is InChI=1S/C14H13ClFNO/c15-13-5-4-12(9-14(13)16)18-11-3-1-2-10(8-11)6-7-17/h1-5,8-9H,6-7,17H2. The van der Waals surface area contributed by atoms with Crippen molar-refractivity contribution in [2.45, 2.75) is 6.42 Å². The number of hydrogen-bond donors (Lipinski definition) is 1. The first-order valence-corrected chi connectivity index (χ1v) is 5.99. The molecule has 2 aromatic carbocycles. The lowest BCUT2D eigenvalue weighted by Crippen LogP contribution is -2.02. The Labute approximate surface area is 110 Å². The maximum absolute atomic E-state index is 13.3. The van der Waals surface area contributed by atoms with Gasteiger partial charge >= 0.3 is 0 Å². The van der Waals surface area contributed by atoms with Crippen LogP contribution in [0.15, 0.2) is 42.5 Å². The van der Waals surface area contributed by atoms with Gasteiger partial charge in [0.25, 0.3) is 0 Å². The number of halogens is 2. The van der Waals surface area contributed by atoms with Crippen molar-refractivity contribution in [3.8, 4) is 11.5 Å². The predicted octanol–water partition coefficient (Wildman–Crippen LogP) is 3.77.